The standard InChI is InChI=1S/C19H25N3O3S/c1-21-11-3-4-18(21)14-22-12-9-16(10-13-22)19(23)15-5-7-17(8-6-15)20-26(2,24)25/h3-8,11,16,20H,9-10,12-14H2,1-2H3. The predicted octanol–water partition coefficient (Wildman–Crippen LogP) is 2.49. The number of ketones is 1. The predicted molar refractivity (Wildman–Crippen MR) is 103 cm³/mol. The molecular formula is C19H25N3O3S. The highest BCUT2D eigenvalue weighted by Gasteiger charge is 2.26. The van der Waals surface area contributed by atoms with Crippen molar-refractivity contribution in [2.24, 2.45) is 13.0 Å². The van der Waals surface area contributed by atoms with Crippen molar-refractivity contribution in [2.45, 2.75) is 19.4 Å². The quantitative estimate of drug-likeness (QED) is 0.788. The summed E-state index contributed by atoms with van der Waals surface area (Å²) in [4.78, 5) is 15.1. The van der Waals surface area contributed by atoms with Crippen LogP contribution in [0.25, 0.3) is 0 Å². The summed E-state index contributed by atoms with van der Waals surface area (Å²) in [6.07, 6.45) is 4.86. The molecule has 1 fully saturated rings. The maximum Gasteiger partial charge on any atom is 0.229 e. The van der Waals surface area contributed by atoms with E-state index in [1.165, 1.54) is 5.69 Å². The van der Waals surface area contributed by atoms with Gasteiger partial charge in [-0.2, -0.15) is 0 Å². The zero-order valence-corrected chi connectivity index (χ0v) is 16.0. The lowest BCUT2D eigenvalue weighted by Gasteiger charge is -2.31. The lowest BCUT2D eigenvalue weighted by Crippen LogP contribution is -2.36. The van der Waals surface area contributed by atoms with Gasteiger partial charge in [0.25, 0.3) is 0 Å². The van der Waals surface area contributed by atoms with Crippen molar-refractivity contribution in [3.63, 3.8) is 0 Å². The van der Waals surface area contributed by atoms with Gasteiger partial charge in [0.2, 0.25) is 10.0 Å². The van der Waals surface area contributed by atoms with E-state index in [-0.39, 0.29) is 11.7 Å². The number of benzene rings is 1. The van der Waals surface area contributed by atoms with Crippen LogP contribution >= 0.6 is 0 Å². The number of likely N-dealkylation sites (tertiary alicyclic amines) is 1. The highest BCUT2D eigenvalue weighted by Crippen LogP contribution is 2.24. The second-order valence-electron chi connectivity index (χ2n) is 6.98. The van der Waals surface area contributed by atoms with Crippen molar-refractivity contribution in [1.82, 2.24) is 9.47 Å². The molecule has 1 aliphatic rings. The summed E-state index contributed by atoms with van der Waals surface area (Å²) in [5.41, 5.74) is 2.40. The van der Waals surface area contributed by atoms with E-state index in [9.17, 15) is 13.2 Å². The van der Waals surface area contributed by atoms with Gasteiger partial charge in [-0.1, -0.05) is 0 Å². The molecule has 1 aromatic carbocycles. The van der Waals surface area contributed by atoms with Crippen LogP contribution in [0.3, 0.4) is 0 Å². The number of nitrogens with one attached hydrogen (secondary N) is 1. The van der Waals surface area contributed by atoms with Gasteiger partial charge in [-0.25, -0.2) is 8.42 Å². The van der Waals surface area contributed by atoms with Crippen LogP contribution in [-0.2, 0) is 23.6 Å². The van der Waals surface area contributed by atoms with Crippen LogP contribution in [0.2, 0.25) is 0 Å². The van der Waals surface area contributed by atoms with Gasteiger partial charge in [-0.15, -0.1) is 0 Å². The topological polar surface area (TPSA) is 71.4 Å². The molecule has 26 heavy (non-hydrogen) atoms. The summed E-state index contributed by atoms with van der Waals surface area (Å²) in [6.45, 7) is 2.74. The highest BCUT2D eigenvalue weighted by molar-refractivity contribution is 7.92. The van der Waals surface area contributed by atoms with Crippen LogP contribution in [0.5, 0.6) is 0 Å². The largest absolute Gasteiger partial charge is 0.353 e. The van der Waals surface area contributed by atoms with Gasteiger partial charge in [0.15, 0.2) is 5.78 Å². The third-order valence-electron chi connectivity index (χ3n) is 4.87. The molecule has 0 amide bonds. The van der Waals surface area contributed by atoms with Crippen molar-refractivity contribution in [3.05, 3.63) is 53.9 Å². The molecule has 2 aromatic rings. The maximum absolute atomic E-state index is 12.7. The molecule has 0 spiro atoms. The average Bonchev–Trinajstić information content (AvgIpc) is 2.99. The van der Waals surface area contributed by atoms with Crippen LogP contribution in [0.4, 0.5) is 5.69 Å². The number of hydrogen-bond acceptors (Lipinski definition) is 4. The molecule has 1 saturated heterocycles. The molecule has 0 unspecified atom stereocenters. The van der Waals surface area contributed by atoms with E-state index in [0.29, 0.717) is 11.3 Å². The van der Waals surface area contributed by atoms with Crippen LogP contribution in [0, 0.1) is 5.92 Å². The van der Waals surface area contributed by atoms with Crippen molar-refractivity contribution < 1.29 is 13.2 Å². The van der Waals surface area contributed by atoms with Gasteiger partial charge >= 0.3 is 0 Å². The number of Topliss-reactive ketones (excluding diaryl/α,β-unsaturated/α-hetero) is 1. The molecule has 7 heteroatoms. The summed E-state index contributed by atoms with van der Waals surface area (Å²) in [6, 6.07) is 10.9. The molecule has 1 aromatic heterocycles. The van der Waals surface area contributed by atoms with E-state index in [1.54, 1.807) is 24.3 Å². The van der Waals surface area contributed by atoms with E-state index in [2.05, 4.69) is 20.3 Å². The molecule has 6 nitrogen and oxygen atoms in total. The van der Waals surface area contributed by atoms with E-state index >= 15 is 0 Å². The first-order chi connectivity index (χ1) is 12.3. The third-order valence-corrected chi connectivity index (χ3v) is 5.47. The van der Waals surface area contributed by atoms with Crippen LogP contribution in [0.1, 0.15) is 28.9 Å². The zero-order valence-electron chi connectivity index (χ0n) is 15.2. The minimum absolute atomic E-state index is 0.0355. The van der Waals surface area contributed by atoms with Crippen molar-refractivity contribution >= 4 is 21.5 Å². The smallest absolute Gasteiger partial charge is 0.229 e. The van der Waals surface area contributed by atoms with Crippen molar-refractivity contribution in [1.29, 1.82) is 0 Å². The number of hydrogen-bond donors (Lipinski definition) is 1. The number of aromatic nitrogens is 1. The normalized spacial score (nSPS) is 16.5. The SMILES string of the molecule is Cn1cccc1CN1CCC(C(=O)c2ccc(NS(C)(=O)=O)cc2)CC1. The van der Waals surface area contributed by atoms with Crippen molar-refractivity contribution in [3.8, 4) is 0 Å². The van der Waals surface area contributed by atoms with Gasteiger partial charge in [0, 0.05) is 42.7 Å². The van der Waals surface area contributed by atoms with Gasteiger partial charge in [0.05, 0.1) is 6.26 Å². The van der Waals surface area contributed by atoms with E-state index in [0.717, 1.165) is 38.7 Å². The third kappa shape index (κ3) is 4.74. The Morgan fingerprint density at radius 3 is 2.35 bits per heavy atom. The van der Waals surface area contributed by atoms with Crippen LogP contribution in [0.15, 0.2) is 42.6 Å². The number of carbonyl (C=O) groups excluding carboxylic acids is 1. The Hall–Kier alpha value is -2.12. The summed E-state index contributed by atoms with van der Waals surface area (Å²) in [5.74, 6) is 0.183. The first-order valence-electron chi connectivity index (χ1n) is 8.76. The number of sulfonamides is 1. The first-order valence-corrected chi connectivity index (χ1v) is 10.7. The highest BCUT2D eigenvalue weighted by atomic mass is 32.2. The Kier molecular flexibility index (Phi) is 5.48. The fraction of sp³-hybridized carbons (Fsp3) is 0.421. The van der Waals surface area contributed by atoms with Crippen LogP contribution < -0.4 is 4.72 Å². The average molecular weight is 375 g/mol. The number of nitrogens with zero attached hydrogens (tertiary/aromatic N) is 2. The Labute approximate surface area is 154 Å². The number of aryl methyl sites for hydroxylation is 1. The molecule has 0 bridgehead atoms. The molecule has 2 heterocycles. The number of anilines is 1. The molecule has 0 atom stereocenters. The molecule has 0 saturated carbocycles. The first kappa shape index (κ1) is 18.7. The molecular weight excluding hydrogens is 350 g/mol. The molecule has 140 valence electrons. The second-order valence-corrected chi connectivity index (χ2v) is 8.73. The fourth-order valence-electron chi connectivity index (χ4n) is 3.40. The number of rotatable bonds is 6. The summed E-state index contributed by atoms with van der Waals surface area (Å²) in [5, 5.41) is 0. The van der Waals surface area contributed by atoms with E-state index in [4.69, 9.17) is 0 Å². The van der Waals surface area contributed by atoms with E-state index < -0.39 is 10.0 Å². The summed E-state index contributed by atoms with van der Waals surface area (Å²) >= 11 is 0. The molecule has 1 aliphatic heterocycles. The Morgan fingerprint density at radius 1 is 1.15 bits per heavy atom. The number of piperidine rings is 1. The fourth-order valence-corrected chi connectivity index (χ4v) is 3.96. The molecule has 1 N–H and O–H groups in total. The number of carbonyl (C=O) groups is 1. The monoisotopic (exact) mass is 375 g/mol. The Balaban J connectivity index is 1.55. The minimum Gasteiger partial charge on any atom is -0.353 e. The maximum atomic E-state index is 12.7. The van der Waals surface area contributed by atoms with Gasteiger partial charge in [-0.05, 0) is 62.3 Å². The second kappa shape index (κ2) is 7.63. The van der Waals surface area contributed by atoms with Gasteiger partial charge in [0.1, 0.15) is 0 Å². The summed E-state index contributed by atoms with van der Waals surface area (Å²) in [7, 11) is -1.25. The molecule has 0 aliphatic carbocycles. The van der Waals surface area contributed by atoms with Gasteiger partial charge < -0.3 is 4.57 Å². The molecule has 3 rings (SSSR count). The Bertz CT molecular complexity index is 864. The summed E-state index contributed by atoms with van der Waals surface area (Å²) < 4.78 is 27.0. The van der Waals surface area contributed by atoms with E-state index in [1.807, 2.05) is 19.3 Å². The zero-order chi connectivity index (χ0) is 18.7. The van der Waals surface area contributed by atoms with Crippen LogP contribution in [-0.4, -0.2) is 43.0 Å². The molecule has 0 radical (unpaired) electrons. The Morgan fingerprint density at radius 2 is 1.81 bits per heavy atom. The lowest BCUT2D eigenvalue weighted by molar-refractivity contribution is 0.0833. The van der Waals surface area contributed by atoms with Crippen molar-refractivity contribution in [2.75, 3.05) is 24.1 Å². The minimum atomic E-state index is -3.30. The lowest BCUT2D eigenvalue weighted by atomic mass is 9.89. The van der Waals surface area contributed by atoms with Gasteiger partial charge in [-0.3, -0.25) is 14.4 Å².